The Morgan fingerprint density at radius 3 is 2.76 bits per heavy atom. The molecule has 0 radical (unpaired) electrons. The molecule has 4 nitrogen and oxygen atoms in total. The molecule has 17 heavy (non-hydrogen) atoms. The molecule has 1 heterocycles. The van der Waals surface area contributed by atoms with Crippen LogP contribution in [0.15, 0.2) is 24.3 Å². The van der Waals surface area contributed by atoms with E-state index in [0.29, 0.717) is 5.13 Å². The van der Waals surface area contributed by atoms with Gasteiger partial charge in [0, 0.05) is 7.05 Å². The zero-order valence-corrected chi connectivity index (χ0v) is 9.84. The first-order chi connectivity index (χ1) is 8.13. The first-order valence-corrected chi connectivity index (χ1v) is 5.68. The van der Waals surface area contributed by atoms with Gasteiger partial charge in [-0.15, -0.1) is 0 Å². The zero-order chi connectivity index (χ0) is 12.4. The van der Waals surface area contributed by atoms with Crippen LogP contribution in [0, 0.1) is 5.82 Å². The van der Waals surface area contributed by atoms with Crippen molar-refractivity contribution >= 4 is 28.1 Å². The fourth-order valence-corrected chi connectivity index (χ4v) is 2.16. The van der Waals surface area contributed by atoms with Gasteiger partial charge in [-0.25, -0.2) is 9.37 Å². The van der Waals surface area contributed by atoms with Crippen molar-refractivity contribution in [1.29, 1.82) is 0 Å². The number of nitrogens with two attached hydrogens (primary N) is 1. The van der Waals surface area contributed by atoms with E-state index in [9.17, 15) is 9.18 Å². The van der Waals surface area contributed by atoms with E-state index in [0.717, 1.165) is 11.3 Å². The molecule has 0 saturated carbocycles. The Balaban J connectivity index is 2.44. The van der Waals surface area contributed by atoms with E-state index in [2.05, 4.69) is 10.3 Å². The predicted molar refractivity (Wildman–Crippen MR) is 65.9 cm³/mol. The number of anilines is 2. The van der Waals surface area contributed by atoms with Crippen LogP contribution in [0.3, 0.4) is 0 Å². The summed E-state index contributed by atoms with van der Waals surface area (Å²) in [6.45, 7) is 0. The van der Waals surface area contributed by atoms with Crippen molar-refractivity contribution in [1.82, 2.24) is 4.98 Å². The highest BCUT2D eigenvalue weighted by atomic mass is 32.1. The molecule has 0 amide bonds. The van der Waals surface area contributed by atoms with Crippen LogP contribution in [0.4, 0.5) is 15.3 Å². The summed E-state index contributed by atoms with van der Waals surface area (Å²) in [6, 6.07) is 5.80. The average molecular weight is 251 g/mol. The Bertz CT molecular complexity index is 568. The lowest BCUT2D eigenvalue weighted by atomic mass is 10.1. The maximum atomic E-state index is 13.5. The zero-order valence-electron chi connectivity index (χ0n) is 9.03. The number of ketones is 1. The normalized spacial score (nSPS) is 10.2. The largest absolute Gasteiger partial charge is 0.382 e. The Labute approximate surface area is 101 Å². The van der Waals surface area contributed by atoms with Crippen LogP contribution in [0.25, 0.3) is 0 Å². The van der Waals surface area contributed by atoms with E-state index in [4.69, 9.17) is 5.73 Å². The molecule has 3 N–H and O–H groups in total. The van der Waals surface area contributed by atoms with Crippen molar-refractivity contribution in [3.05, 3.63) is 40.5 Å². The summed E-state index contributed by atoms with van der Waals surface area (Å²) in [5, 5.41) is 3.32. The van der Waals surface area contributed by atoms with Gasteiger partial charge in [0.25, 0.3) is 0 Å². The second kappa shape index (κ2) is 4.50. The minimum atomic E-state index is -0.559. The highest BCUT2D eigenvalue weighted by molar-refractivity contribution is 7.18. The number of hydrogen-bond acceptors (Lipinski definition) is 5. The van der Waals surface area contributed by atoms with Gasteiger partial charge in [-0.05, 0) is 12.1 Å². The lowest BCUT2D eigenvalue weighted by Crippen LogP contribution is -2.04. The van der Waals surface area contributed by atoms with E-state index in [1.54, 1.807) is 13.1 Å². The van der Waals surface area contributed by atoms with Gasteiger partial charge in [0.2, 0.25) is 5.78 Å². The molecule has 1 aromatic heterocycles. The number of aromatic nitrogens is 1. The van der Waals surface area contributed by atoms with Crippen molar-refractivity contribution in [2.45, 2.75) is 0 Å². The molecular weight excluding hydrogens is 241 g/mol. The minimum Gasteiger partial charge on any atom is -0.382 e. The maximum absolute atomic E-state index is 13.5. The Hall–Kier alpha value is -1.95. The van der Waals surface area contributed by atoms with Gasteiger partial charge < -0.3 is 11.1 Å². The molecular formula is C11H10FN3OS. The van der Waals surface area contributed by atoms with E-state index in [1.165, 1.54) is 18.2 Å². The second-order valence-corrected chi connectivity index (χ2v) is 4.29. The molecule has 0 fully saturated rings. The fraction of sp³-hybridized carbons (Fsp3) is 0.0909. The molecule has 0 saturated heterocycles. The standard InChI is InChI=1S/C11H10FN3OS/c1-14-11-15-10(13)9(17-11)8(16)6-4-2-3-5-7(6)12/h2-5H,13H2,1H3,(H,14,15). The lowest BCUT2D eigenvalue weighted by Gasteiger charge is -1.99. The minimum absolute atomic E-state index is 0.00510. The first kappa shape index (κ1) is 11.5. The van der Waals surface area contributed by atoms with Crippen molar-refractivity contribution in [3.8, 4) is 0 Å². The lowest BCUT2D eigenvalue weighted by molar-refractivity contribution is 0.103. The van der Waals surface area contributed by atoms with Gasteiger partial charge in [0.05, 0.1) is 5.56 Å². The molecule has 1 aromatic carbocycles. The van der Waals surface area contributed by atoms with Gasteiger partial charge in [-0.1, -0.05) is 23.5 Å². The molecule has 6 heteroatoms. The topological polar surface area (TPSA) is 68.0 Å². The molecule has 0 aliphatic heterocycles. The predicted octanol–water partition coefficient (Wildman–Crippen LogP) is 2.14. The van der Waals surface area contributed by atoms with Crippen LogP contribution in [-0.4, -0.2) is 17.8 Å². The summed E-state index contributed by atoms with van der Waals surface area (Å²) in [6.07, 6.45) is 0. The Morgan fingerprint density at radius 2 is 2.18 bits per heavy atom. The number of carbonyl (C=O) groups is 1. The first-order valence-electron chi connectivity index (χ1n) is 4.86. The number of benzene rings is 1. The van der Waals surface area contributed by atoms with Crippen molar-refractivity contribution < 1.29 is 9.18 Å². The molecule has 0 bridgehead atoms. The number of nitrogens with one attached hydrogen (secondary N) is 1. The smallest absolute Gasteiger partial charge is 0.209 e. The van der Waals surface area contributed by atoms with E-state index >= 15 is 0 Å². The van der Waals surface area contributed by atoms with E-state index < -0.39 is 11.6 Å². The third kappa shape index (κ3) is 2.12. The molecule has 88 valence electrons. The van der Waals surface area contributed by atoms with Crippen LogP contribution in [0.2, 0.25) is 0 Å². The van der Waals surface area contributed by atoms with Gasteiger partial charge in [0.1, 0.15) is 16.5 Å². The van der Waals surface area contributed by atoms with Crippen LogP contribution < -0.4 is 11.1 Å². The molecule has 0 unspecified atom stereocenters. The van der Waals surface area contributed by atoms with Gasteiger partial charge >= 0.3 is 0 Å². The number of halogens is 1. The van der Waals surface area contributed by atoms with Crippen LogP contribution in [0.5, 0.6) is 0 Å². The number of hydrogen-bond donors (Lipinski definition) is 2. The summed E-state index contributed by atoms with van der Waals surface area (Å²) in [4.78, 5) is 16.2. The molecule has 0 aliphatic carbocycles. The average Bonchev–Trinajstić information content (AvgIpc) is 2.70. The molecule has 2 rings (SSSR count). The fourth-order valence-electron chi connectivity index (χ4n) is 1.37. The third-order valence-corrected chi connectivity index (χ3v) is 3.28. The highest BCUT2D eigenvalue weighted by Crippen LogP contribution is 2.27. The van der Waals surface area contributed by atoms with Crippen LogP contribution in [0.1, 0.15) is 15.2 Å². The number of thiazole rings is 1. The Morgan fingerprint density at radius 1 is 1.47 bits per heavy atom. The second-order valence-electron chi connectivity index (χ2n) is 3.29. The highest BCUT2D eigenvalue weighted by Gasteiger charge is 2.19. The van der Waals surface area contributed by atoms with Crippen LogP contribution in [-0.2, 0) is 0 Å². The summed E-state index contributed by atoms with van der Waals surface area (Å²) < 4.78 is 13.5. The van der Waals surface area contributed by atoms with Gasteiger partial charge in [-0.3, -0.25) is 4.79 Å². The van der Waals surface area contributed by atoms with E-state index in [-0.39, 0.29) is 16.3 Å². The van der Waals surface area contributed by atoms with Crippen LogP contribution >= 0.6 is 11.3 Å². The number of nitrogen functional groups attached to an aromatic ring is 1. The molecule has 0 atom stereocenters. The van der Waals surface area contributed by atoms with Gasteiger partial charge in [0.15, 0.2) is 5.13 Å². The monoisotopic (exact) mass is 251 g/mol. The number of carbonyl (C=O) groups excluding carboxylic acids is 1. The summed E-state index contributed by atoms with van der Waals surface area (Å²) in [5.41, 5.74) is 5.63. The molecule has 0 spiro atoms. The summed E-state index contributed by atoms with van der Waals surface area (Å²) >= 11 is 1.11. The van der Waals surface area contributed by atoms with E-state index in [1.807, 2.05) is 0 Å². The summed E-state index contributed by atoms with van der Waals surface area (Å²) in [5.74, 6) is -0.886. The SMILES string of the molecule is CNc1nc(N)c(C(=O)c2ccccc2F)s1. The third-order valence-electron chi connectivity index (χ3n) is 2.19. The quantitative estimate of drug-likeness (QED) is 0.820. The molecule has 0 aliphatic rings. The number of rotatable bonds is 3. The maximum Gasteiger partial charge on any atom is 0.209 e. The van der Waals surface area contributed by atoms with Crippen molar-refractivity contribution in [2.24, 2.45) is 0 Å². The number of nitrogens with zero attached hydrogens (tertiary/aromatic N) is 1. The molecule has 2 aromatic rings. The summed E-state index contributed by atoms with van der Waals surface area (Å²) in [7, 11) is 1.68. The van der Waals surface area contributed by atoms with Gasteiger partial charge in [-0.2, -0.15) is 0 Å². The Kier molecular flexibility index (Phi) is 3.06. The van der Waals surface area contributed by atoms with Crippen molar-refractivity contribution in [2.75, 3.05) is 18.1 Å². The van der Waals surface area contributed by atoms with Crippen molar-refractivity contribution in [3.63, 3.8) is 0 Å².